The van der Waals surface area contributed by atoms with Crippen LogP contribution in [0.1, 0.15) is 25.6 Å². The summed E-state index contributed by atoms with van der Waals surface area (Å²) in [5.41, 5.74) is 1.40. The summed E-state index contributed by atoms with van der Waals surface area (Å²) in [5, 5.41) is 5.26. The van der Waals surface area contributed by atoms with Crippen molar-refractivity contribution in [2.75, 3.05) is 6.61 Å². The van der Waals surface area contributed by atoms with Crippen molar-refractivity contribution in [2.24, 2.45) is 0 Å². The number of hydrogen-bond donors (Lipinski definition) is 2. The van der Waals surface area contributed by atoms with E-state index in [4.69, 9.17) is 4.74 Å². The summed E-state index contributed by atoms with van der Waals surface area (Å²) in [6.45, 7) is 3.66. The number of urea groups is 1. The van der Waals surface area contributed by atoms with Crippen molar-refractivity contribution < 1.29 is 14.3 Å². The van der Waals surface area contributed by atoms with E-state index in [1.165, 1.54) is 0 Å². The fraction of sp³-hybridized carbons (Fsp3) is 0.308. The molecule has 0 radical (unpaired) electrons. The summed E-state index contributed by atoms with van der Waals surface area (Å²) in [6.07, 6.45) is 0. The van der Waals surface area contributed by atoms with Crippen LogP contribution in [0.4, 0.5) is 4.79 Å². The van der Waals surface area contributed by atoms with Gasteiger partial charge in [-0.1, -0.05) is 6.07 Å². The SMILES string of the molecule is CCOC(=O)C1=C(C)NC(=O)N[C@@H]1c1cccc(Br)n1. The number of ether oxygens (including phenoxy) is 1. The third-order valence-corrected chi connectivity index (χ3v) is 3.24. The molecule has 0 bridgehead atoms. The van der Waals surface area contributed by atoms with Crippen LogP contribution in [-0.4, -0.2) is 23.6 Å². The fourth-order valence-corrected chi connectivity index (χ4v) is 2.34. The number of carbonyl (C=O) groups excluding carboxylic acids is 2. The molecule has 1 atom stereocenters. The molecular weight excluding hydrogens is 326 g/mol. The van der Waals surface area contributed by atoms with Gasteiger partial charge in [0.2, 0.25) is 0 Å². The Balaban J connectivity index is 2.44. The minimum atomic E-state index is -0.625. The first-order chi connectivity index (χ1) is 9.52. The van der Waals surface area contributed by atoms with E-state index in [-0.39, 0.29) is 12.6 Å². The highest BCUT2D eigenvalue weighted by atomic mass is 79.9. The minimum Gasteiger partial charge on any atom is -0.463 e. The van der Waals surface area contributed by atoms with E-state index in [0.717, 1.165) is 0 Å². The van der Waals surface area contributed by atoms with E-state index < -0.39 is 12.0 Å². The second-order valence-electron chi connectivity index (χ2n) is 4.18. The lowest BCUT2D eigenvalue weighted by molar-refractivity contribution is -0.139. The van der Waals surface area contributed by atoms with Crippen molar-refractivity contribution in [3.8, 4) is 0 Å². The van der Waals surface area contributed by atoms with Crippen LogP contribution in [0.3, 0.4) is 0 Å². The molecule has 0 unspecified atom stereocenters. The van der Waals surface area contributed by atoms with Gasteiger partial charge in [-0.3, -0.25) is 0 Å². The first-order valence-corrected chi connectivity index (χ1v) is 6.90. The molecule has 1 aliphatic heterocycles. The van der Waals surface area contributed by atoms with Gasteiger partial charge in [-0.15, -0.1) is 0 Å². The molecule has 0 aromatic carbocycles. The number of allylic oxidation sites excluding steroid dienone is 1. The number of hydrogen-bond acceptors (Lipinski definition) is 4. The second-order valence-corrected chi connectivity index (χ2v) is 4.99. The summed E-state index contributed by atoms with van der Waals surface area (Å²) >= 11 is 3.28. The van der Waals surface area contributed by atoms with Gasteiger partial charge in [0, 0.05) is 5.70 Å². The molecule has 1 aliphatic rings. The van der Waals surface area contributed by atoms with Crippen LogP contribution >= 0.6 is 15.9 Å². The summed E-state index contributed by atoms with van der Waals surface area (Å²) in [5.74, 6) is -0.468. The Bertz CT molecular complexity index is 586. The number of carbonyl (C=O) groups is 2. The van der Waals surface area contributed by atoms with Crippen LogP contribution in [-0.2, 0) is 9.53 Å². The van der Waals surface area contributed by atoms with E-state index in [1.807, 2.05) is 0 Å². The van der Waals surface area contributed by atoms with Gasteiger partial charge in [-0.2, -0.15) is 0 Å². The maximum atomic E-state index is 12.1. The monoisotopic (exact) mass is 339 g/mol. The zero-order valence-electron chi connectivity index (χ0n) is 11.1. The number of amides is 2. The van der Waals surface area contributed by atoms with Crippen LogP contribution in [0.2, 0.25) is 0 Å². The summed E-state index contributed by atoms with van der Waals surface area (Å²) in [7, 11) is 0. The van der Waals surface area contributed by atoms with E-state index >= 15 is 0 Å². The number of rotatable bonds is 3. The zero-order valence-corrected chi connectivity index (χ0v) is 12.7. The maximum Gasteiger partial charge on any atom is 0.338 e. The standard InChI is InChI=1S/C13H14BrN3O3/c1-3-20-12(18)10-7(2)15-13(19)17-11(10)8-5-4-6-9(14)16-8/h4-6,11H,3H2,1-2H3,(H2,15,17,19)/t11-/m1/s1. The van der Waals surface area contributed by atoms with Crippen molar-refractivity contribution in [1.29, 1.82) is 0 Å². The van der Waals surface area contributed by atoms with Gasteiger partial charge in [0.15, 0.2) is 0 Å². The van der Waals surface area contributed by atoms with Gasteiger partial charge < -0.3 is 15.4 Å². The van der Waals surface area contributed by atoms with E-state index in [2.05, 4.69) is 31.5 Å². The highest BCUT2D eigenvalue weighted by Gasteiger charge is 2.32. The molecule has 2 heterocycles. The molecule has 0 fully saturated rings. The summed E-state index contributed by atoms with van der Waals surface area (Å²) in [6, 6.07) is 4.31. The Morgan fingerprint density at radius 1 is 1.50 bits per heavy atom. The Labute approximate surface area is 124 Å². The molecule has 0 saturated carbocycles. The maximum absolute atomic E-state index is 12.1. The number of halogens is 1. The topological polar surface area (TPSA) is 80.3 Å². The molecule has 1 aromatic heterocycles. The lowest BCUT2D eigenvalue weighted by Crippen LogP contribution is -2.45. The highest BCUT2D eigenvalue weighted by Crippen LogP contribution is 2.27. The molecule has 20 heavy (non-hydrogen) atoms. The van der Waals surface area contributed by atoms with E-state index in [0.29, 0.717) is 21.6 Å². The molecule has 2 N–H and O–H groups in total. The number of pyridine rings is 1. The smallest absolute Gasteiger partial charge is 0.338 e. The molecule has 0 spiro atoms. The lowest BCUT2D eigenvalue weighted by atomic mass is 9.99. The number of nitrogens with zero attached hydrogens (tertiary/aromatic N) is 1. The Morgan fingerprint density at radius 3 is 2.90 bits per heavy atom. The molecule has 6 nitrogen and oxygen atoms in total. The fourth-order valence-electron chi connectivity index (χ4n) is 1.98. The van der Waals surface area contributed by atoms with Gasteiger partial charge in [-0.05, 0) is 41.9 Å². The van der Waals surface area contributed by atoms with Crippen LogP contribution < -0.4 is 10.6 Å². The van der Waals surface area contributed by atoms with Gasteiger partial charge >= 0.3 is 12.0 Å². The third kappa shape index (κ3) is 2.98. The van der Waals surface area contributed by atoms with Crippen LogP contribution in [0.5, 0.6) is 0 Å². The predicted octanol–water partition coefficient (Wildman–Crippen LogP) is 2.04. The Hall–Kier alpha value is -1.89. The molecule has 7 heteroatoms. The van der Waals surface area contributed by atoms with Crippen LogP contribution in [0.15, 0.2) is 34.1 Å². The largest absolute Gasteiger partial charge is 0.463 e. The first-order valence-electron chi connectivity index (χ1n) is 6.10. The third-order valence-electron chi connectivity index (χ3n) is 2.80. The Kier molecular flexibility index (Phi) is 4.39. The summed E-state index contributed by atoms with van der Waals surface area (Å²) in [4.78, 5) is 28.0. The molecule has 0 aliphatic carbocycles. The minimum absolute atomic E-state index is 0.266. The lowest BCUT2D eigenvalue weighted by Gasteiger charge is -2.27. The average Bonchev–Trinajstić information content (AvgIpc) is 2.37. The Morgan fingerprint density at radius 2 is 2.25 bits per heavy atom. The number of aromatic nitrogens is 1. The van der Waals surface area contributed by atoms with Gasteiger partial charge in [0.25, 0.3) is 0 Å². The second kappa shape index (κ2) is 6.04. The number of nitrogens with one attached hydrogen (secondary N) is 2. The van der Waals surface area contributed by atoms with Gasteiger partial charge in [0.1, 0.15) is 10.6 Å². The highest BCUT2D eigenvalue weighted by molar-refractivity contribution is 9.10. The molecule has 106 valence electrons. The van der Waals surface area contributed by atoms with Crippen molar-refractivity contribution >= 4 is 27.9 Å². The van der Waals surface area contributed by atoms with Crippen LogP contribution in [0.25, 0.3) is 0 Å². The summed E-state index contributed by atoms with van der Waals surface area (Å²) < 4.78 is 5.67. The number of esters is 1. The average molecular weight is 340 g/mol. The van der Waals surface area contributed by atoms with Gasteiger partial charge in [-0.25, -0.2) is 14.6 Å². The molecule has 0 saturated heterocycles. The van der Waals surface area contributed by atoms with Crippen molar-refractivity contribution in [2.45, 2.75) is 19.9 Å². The first kappa shape index (κ1) is 14.5. The normalized spacial score (nSPS) is 18.4. The van der Waals surface area contributed by atoms with E-state index in [1.54, 1.807) is 32.0 Å². The molecule has 2 rings (SSSR count). The van der Waals surface area contributed by atoms with Gasteiger partial charge in [0.05, 0.1) is 17.9 Å². The van der Waals surface area contributed by atoms with Crippen LogP contribution in [0, 0.1) is 0 Å². The molecule has 2 amide bonds. The van der Waals surface area contributed by atoms with E-state index in [9.17, 15) is 9.59 Å². The van der Waals surface area contributed by atoms with Crippen molar-refractivity contribution in [3.05, 3.63) is 39.8 Å². The van der Waals surface area contributed by atoms with Crippen molar-refractivity contribution in [1.82, 2.24) is 15.6 Å². The molecular formula is C13H14BrN3O3. The predicted molar refractivity (Wildman–Crippen MR) is 75.7 cm³/mol. The zero-order chi connectivity index (χ0) is 14.7. The van der Waals surface area contributed by atoms with Crippen molar-refractivity contribution in [3.63, 3.8) is 0 Å². The molecule has 1 aromatic rings. The quantitative estimate of drug-likeness (QED) is 0.652.